The monoisotopic (exact) mass is 297 g/mol. The Hall–Kier alpha value is -1.56. The van der Waals surface area contributed by atoms with E-state index in [2.05, 4.69) is 0 Å². The molecule has 2 aliphatic rings. The van der Waals surface area contributed by atoms with Gasteiger partial charge in [0.25, 0.3) is 5.91 Å². The van der Waals surface area contributed by atoms with Gasteiger partial charge < -0.3 is 15.0 Å². The summed E-state index contributed by atoms with van der Waals surface area (Å²) in [5, 5.41) is 11.0. The third kappa shape index (κ3) is 1.98. The van der Waals surface area contributed by atoms with Crippen LogP contribution in [0.1, 0.15) is 36.2 Å². The summed E-state index contributed by atoms with van der Waals surface area (Å²) < 4.78 is 1.36. The van der Waals surface area contributed by atoms with E-state index < -0.39 is 4.92 Å². The average Bonchev–Trinajstić information content (AvgIpc) is 2.88. The minimum Gasteiger partial charge on any atom is -0.358 e. The number of aromatic nitrogens is 1. The molecule has 0 saturated carbocycles. The molecule has 2 fully saturated rings. The smallest absolute Gasteiger partial charge is 0.323 e. The van der Waals surface area contributed by atoms with Gasteiger partial charge in [0.2, 0.25) is 0 Å². The van der Waals surface area contributed by atoms with Crippen LogP contribution in [0.5, 0.6) is 0 Å². The van der Waals surface area contributed by atoms with Crippen molar-refractivity contribution in [3.63, 3.8) is 0 Å². The van der Waals surface area contributed by atoms with Crippen molar-refractivity contribution in [1.29, 1.82) is 0 Å². The fourth-order valence-electron chi connectivity index (χ4n) is 3.47. The Balaban J connectivity index is 1.89. The van der Waals surface area contributed by atoms with E-state index in [0.717, 1.165) is 25.7 Å². The Bertz CT molecular complexity index is 557. The number of amides is 1. The predicted molar refractivity (Wildman–Crippen MR) is 73.9 cm³/mol. The molecule has 2 saturated heterocycles. The topological polar surface area (TPSA) is 68.4 Å². The Kier molecular flexibility index (Phi) is 3.20. The maximum atomic E-state index is 12.7. The molecule has 7 heteroatoms. The van der Waals surface area contributed by atoms with Crippen molar-refractivity contribution >= 4 is 23.3 Å². The Morgan fingerprint density at radius 3 is 2.45 bits per heavy atom. The van der Waals surface area contributed by atoms with Gasteiger partial charge in [-0.1, -0.05) is 0 Å². The van der Waals surface area contributed by atoms with Crippen molar-refractivity contribution in [2.75, 3.05) is 0 Å². The summed E-state index contributed by atoms with van der Waals surface area (Å²) >= 11 is 6.21. The quantitative estimate of drug-likeness (QED) is 0.478. The molecule has 2 unspecified atom stereocenters. The number of carbonyl (C=O) groups excluding carboxylic acids is 1. The van der Waals surface area contributed by atoms with Gasteiger partial charge in [-0.25, -0.2) is 4.57 Å². The van der Waals surface area contributed by atoms with Crippen LogP contribution in [0.2, 0.25) is 0 Å². The van der Waals surface area contributed by atoms with Crippen molar-refractivity contribution in [3.8, 4) is 0 Å². The lowest BCUT2D eigenvalue weighted by molar-refractivity contribution is -0.391. The number of nitro groups is 1. The molecule has 0 radical (unpaired) electrons. The number of fused-ring (bicyclic) bond motifs is 2. The lowest BCUT2D eigenvalue weighted by atomic mass is 10.0. The minimum atomic E-state index is -0.476. The van der Waals surface area contributed by atoms with E-state index in [-0.39, 0.29) is 29.2 Å². The zero-order valence-electron chi connectivity index (χ0n) is 11.2. The maximum absolute atomic E-state index is 12.7. The lowest BCUT2D eigenvalue weighted by Crippen LogP contribution is -2.47. The first-order chi connectivity index (χ1) is 9.49. The summed E-state index contributed by atoms with van der Waals surface area (Å²) in [4.78, 5) is 24.9. The highest BCUT2D eigenvalue weighted by molar-refractivity contribution is 6.20. The van der Waals surface area contributed by atoms with Crippen LogP contribution in [0.25, 0.3) is 0 Å². The minimum absolute atomic E-state index is 0.0621. The number of piperidine rings is 1. The Labute approximate surface area is 121 Å². The molecule has 1 amide bonds. The van der Waals surface area contributed by atoms with Crippen LogP contribution in [0.3, 0.4) is 0 Å². The molecule has 1 aromatic heterocycles. The standard InChI is InChI=1S/C13H16ClN3O3/c1-15-11(4-5-12(15)17(19)20)13(18)16-9-2-3-10(16)7-8(14)6-9/h4-5,8-10H,2-3,6-7H2,1H3. The summed E-state index contributed by atoms with van der Waals surface area (Å²) in [5.74, 6) is -0.176. The molecule has 108 valence electrons. The first kappa shape index (κ1) is 13.4. The first-order valence-electron chi connectivity index (χ1n) is 6.76. The normalized spacial score (nSPS) is 28.7. The van der Waals surface area contributed by atoms with Crippen molar-refractivity contribution in [2.24, 2.45) is 7.05 Å². The van der Waals surface area contributed by atoms with E-state index in [1.165, 1.54) is 16.7 Å². The fourth-order valence-corrected chi connectivity index (χ4v) is 3.88. The number of hydrogen-bond donors (Lipinski definition) is 0. The molecule has 0 aliphatic carbocycles. The summed E-state index contributed by atoms with van der Waals surface area (Å²) in [7, 11) is 1.56. The van der Waals surface area contributed by atoms with Crippen molar-refractivity contribution < 1.29 is 9.72 Å². The van der Waals surface area contributed by atoms with E-state index >= 15 is 0 Å². The molecule has 6 nitrogen and oxygen atoms in total. The molecule has 0 spiro atoms. The van der Waals surface area contributed by atoms with Gasteiger partial charge in [0.1, 0.15) is 0 Å². The maximum Gasteiger partial charge on any atom is 0.323 e. The summed E-state index contributed by atoms with van der Waals surface area (Å²) in [6, 6.07) is 3.27. The van der Waals surface area contributed by atoms with Crippen LogP contribution in [-0.2, 0) is 7.05 Å². The van der Waals surface area contributed by atoms with Crippen LogP contribution in [0.4, 0.5) is 5.82 Å². The average molecular weight is 298 g/mol. The zero-order chi connectivity index (χ0) is 14.4. The summed E-state index contributed by atoms with van der Waals surface area (Å²) in [6.07, 6.45) is 3.59. The molecule has 1 aromatic rings. The highest BCUT2D eigenvalue weighted by atomic mass is 35.5. The van der Waals surface area contributed by atoms with Gasteiger partial charge in [-0.3, -0.25) is 4.79 Å². The van der Waals surface area contributed by atoms with Gasteiger partial charge in [-0.2, -0.15) is 0 Å². The molecule has 2 bridgehead atoms. The molecule has 2 atom stereocenters. The third-order valence-electron chi connectivity index (χ3n) is 4.41. The SMILES string of the molecule is Cn1c(C(=O)N2C3CCC2CC(Cl)C3)ccc1[N+](=O)[O-]. The molecule has 3 heterocycles. The number of hydrogen-bond acceptors (Lipinski definition) is 3. The second kappa shape index (κ2) is 4.77. The van der Waals surface area contributed by atoms with E-state index in [9.17, 15) is 14.9 Å². The van der Waals surface area contributed by atoms with Crippen LogP contribution in [-0.4, -0.2) is 37.8 Å². The van der Waals surface area contributed by atoms with E-state index in [1.54, 1.807) is 7.05 Å². The Morgan fingerprint density at radius 2 is 1.95 bits per heavy atom. The summed E-state index contributed by atoms with van der Waals surface area (Å²) in [5.41, 5.74) is 0.377. The fraction of sp³-hybridized carbons (Fsp3) is 0.615. The van der Waals surface area contributed by atoms with Gasteiger partial charge in [-0.05, 0) is 36.7 Å². The number of nitrogens with zero attached hydrogens (tertiary/aromatic N) is 3. The van der Waals surface area contributed by atoms with E-state index in [1.807, 2.05) is 4.90 Å². The molecule has 2 aliphatic heterocycles. The second-order valence-corrected chi connectivity index (χ2v) is 6.18. The second-order valence-electron chi connectivity index (χ2n) is 5.56. The number of rotatable bonds is 2. The Morgan fingerprint density at radius 1 is 1.35 bits per heavy atom. The van der Waals surface area contributed by atoms with Gasteiger partial charge in [0, 0.05) is 23.5 Å². The third-order valence-corrected chi connectivity index (χ3v) is 4.77. The van der Waals surface area contributed by atoms with Crippen molar-refractivity contribution in [1.82, 2.24) is 9.47 Å². The molecule has 20 heavy (non-hydrogen) atoms. The van der Waals surface area contributed by atoms with Crippen LogP contribution in [0.15, 0.2) is 12.1 Å². The first-order valence-corrected chi connectivity index (χ1v) is 7.19. The van der Waals surface area contributed by atoms with Gasteiger partial charge in [0.15, 0.2) is 5.69 Å². The highest BCUT2D eigenvalue weighted by Gasteiger charge is 2.44. The van der Waals surface area contributed by atoms with Crippen LogP contribution in [0, 0.1) is 10.1 Å². The largest absolute Gasteiger partial charge is 0.358 e. The van der Waals surface area contributed by atoms with Crippen LogP contribution >= 0.6 is 11.6 Å². The zero-order valence-corrected chi connectivity index (χ0v) is 11.9. The van der Waals surface area contributed by atoms with Crippen LogP contribution < -0.4 is 0 Å². The van der Waals surface area contributed by atoms with Gasteiger partial charge >= 0.3 is 5.82 Å². The van der Waals surface area contributed by atoms with Gasteiger partial charge in [0.05, 0.1) is 7.05 Å². The lowest BCUT2D eigenvalue weighted by Gasteiger charge is -2.36. The number of alkyl halides is 1. The molecular formula is C13H16ClN3O3. The van der Waals surface area contributed by atoms with Crippen molar-refractivity contribution in [2.45, 2.75) is 43.1 Å². The summed E-state index contributed by atoms with van der Waals surface area (Å²) in [6.45, 7) is 0. The number of carbonyl (C=O) groups is 1. The molecule has 3 rings (SSSR count). The molecule has 0 aromatic carbocycles. The number of halogens is 1. The van der Waals surface area contributed by atoms with Gasteiger partial charge in [-0.15, -0.1) is 11.6 Å². The van der Waals surface area contributed by atoms with Crippen molar-refractivity contribution in [3.05, 3.63) is 27.9 Å². The molecular weight excluding hydrogens is 282 g/mol. The highest BCUT2D eigenvalue weighted by Crippen LogP contribution is 2.38. The molecule has 0 N–H and O–H groups in total. The predicted octanol–water partition coefficient (Wildman–Crippen LogP) is 2.31. The van der Waals surface area contributed by atoms with E-state index in [4.69, 9.17) is 11.6 Å². The van der Waals surface area contributed by atoms with E-state index in [0.29, 0.717) is 5.69 Å².